The molecule has 0 amide bonds. The summed E-state index contributed by atoms with van der Waals surface area (Å²) >= 11 is 0. The first-order valence-corrected chi connectivity index (χ1v) is 7.06. The van der Waals surface area contributed by atoms with E-state index in [2.05, 4.69) is 4.98 Å². The van der Waals surface area contributed by atoms with Gasteiger partial charge in [0, 0.05) is 24.5 Å². The molecule has 112 valence electrons. The molecule has 0 aliphatic heterocycles. The molecule has 5 nitrogen and oxygen atoms in total. The number of aryl methyl sites for hydroxylation is 2. The highest BCUT2D eigenvalue weighted by Crippen LogP contribution is 2.13. The summed E-state index contributed by atoms with van der Waals surface area (Å²) in [6.07, 6.45) is 5.09. The van der Waals surface area contributed by atoms with E-state index in [9.17, 15) is 5.21 Å². The van der Waals surface area contributed by atoms with E-state index in [1.807, 2.05) is 42.8 Å². The number of nitrogens with zero attached hydrogens (tertiary/aromatic N) is 3. The van der Waals surface area contributed by atoms with Crippen LogP contribution in [0.4, 0.5) is 5.69 Å². The molecule has 2 heterocycles. The summed E-state index contributed by atoms with van der Waals surface area (Å²) in [6.45, 7) is 4.52. The molecule has 0 spiro atoms. The van der Waals surface area contributed by atoms with E-state index < -0.39 is 0 Å². The lowest BCUT2D eigenvalue weighted by Crippen LogP contribution is -2.00. The molecule has 3 aromatic rings. The maximum absolute atomic E-state index is 12.1. The molecule has 0 bridgehead atoms. The Kier molecular flexibility index (Phi) is 3.78. The summed E-state index contributed by atoms with van der Waals surface area (Å²) in [5.74, 6) is 2.24. The van der Waals surface area contributed by atoms with Crippen molar-refractivity contribution in [1.29, 1.82) is 0 Å². The minimum Gasteiger partial charge on any atom is -0.618 e. The molecule has 0 radical (unpaired) electrons. The van der Waals surface area contributed by atoms with Gasteiger partial charge < -0.3 is 14.2 Å². The largest absolute Gasteiger partial charge is 0.618 e. The zero-order valence-corrected chi connectivity index (χ0v) is 12.6. The van der Waals surface area contributed by atoms with Crippen LogP contribution in [0.1, 0.15) is 22.9 Å². The first-order valence-electron chi connectivity index (χ1n) is 7.06. The monoisotopic (exact) mass is 295 g/mol. The van der Waals surface area contributed by atoms with Gasteiger partial charge >= 0.3 is 0 Å². The lowest BCUT2D eigenvalue weighted by Gasteiger charge is -2.02. The van der Waals surface area contributed by atoms with Crippen molar-refractivity contribution in [3.05, 3.63) is 76.9 Å². The maximum Gasteiger partial charge on any atom is 0.223 e. The fourth-order valence-corrected chi connectivity index (χ4v) is 2.17. The lowest BCUT2D eigenvalue weighted by molar-refractivity contribution is -0.354. The zero-order valence-electron chi connectivity index (χ0n) is 12.6. The smallest absolute Gasteiger partial charge is 0.223 e. The van der Waals surface area contributed by atoms with E-state index in [-0.39, 0.29) is 0 Å². The van der Waals surface area contributed by atoms with Crippen molar-refractivity contribution in [3.8, 4) is 0 Å². The standard InChI is InChI=1S/C17H17N3O2/c1-13-3-5-15(6-4-13)20(21)12-17-8-7-16(22-17)11-19-10-9-18-14(19)2/h3-10,12H,11H2,1-2H3/b20-12-. The van der Waals surface area contributed by atoms with Crippen LogP contribution in [0.5, 0.6) is 0 Å². The first kappa shape index (κ1) is 14.1. The van der Waals surface area contributed by atoms with Gasteiger partial charge in [0.15, 0.2) is 5.76 Å². The second-order valence-electron chi connectivity index (χ2n) is 5.20. The fraction of sp³-hybridized carbons (Fsp3) is 0.176. The second-order valence-corrected chi connectivity index (χ2v) is 5.20. The highest BCUT2D eigenvalue weighted by molar-refractivity contribution is 5.72. The van der Waals surface area contributed by atoms with Crippen molar-refractivity contribution >= 4 is 11.9 Å². The molecule has 3 rings (SSSR count). The molecule has 22 heavy (non-hydrogen) atoms. The molecular formula is C17H17N3O2. The van der Waals surface area contributed by atoms with Crippen molar-refractivity contribution in [2.75, 3.05) is 0 Å². The van der Waals surface area contributed by atoms with Crippen molar-refractivity contribution in [1.82, 2.24) is 9.55 Å². The van der Waals surface area contributed by atoms with E-state index in [1.165, 1.54) is 6.21 Å². The van der Waals surface area contributed by atoms with Crippen LogP contribution in [0, 0.1) is 19.1 Å². The van der Waals surface area contributed by atoms with Crippen LogP contribution < -0.4 is 0 Å². The van der Waals surface area contributed by atoms with Gasteiger partial charge in [-0.2, -0.15) is 4.74 Å². The van der Waals surface area contributed by atoms with Crippen LogP contribution in [-0.4, -0.2) is 20.5 Å². The maximum atomic E-state index is 12.1. The lowest BCUT2D eigenvalue weighted by atomic mass is 10.2. The predicted molar refractivity (Wildman–Crippen MR) is 84.4 cm³/mol. The van der Waals surface area contributed by atoms with E-state index in [4.69, 9.17) is 4.42 Å². The number of aromatic nitrogens is 2. The number of furan rings is 1. The number of hydrogen-bond acceptors (Lipinski definition) is 3. The summed E-state index contributed by atoms with van der Waals surface area (Å²) in [5.41, 5.74) is 1.70. The van der Waals surface area contributed by atoms with Crippen LogP contribution in [0.2, 0.25) is 0 Å². The van der Waals surface area contributed by atoms with Gasteiger partial charge in [0.1, 0.15) is 11.6 Å². The highest BCUT2D eigenvalue weighted by atomic mass is 16.5. The summed E-state index contributed by atoms with van der Waals surface area (Å²) in [7, 11) is 0. The zero-order chi connectivity index (χ0) is 15.5. The highest BCUT2D eigenvalue weighted by Gasteiger charge is 2.07. The molecular weight excluding hydrogens is 278 g/mol. The Balaban J connectivity index is 1.77. The predicted octanol–water partition coefficient (Wildman–Crippen LogP) is 3.40. The van der Waals surface area contributed by atoms with E-state index in [0.717, 1.165) is 21.9 Å². The summed E-state index contributed by atoms with van der Waals surface area (Å²) in [5, 5.41) is 12.1. The number of hydrogen-bond donors (Lipinski definition) is 0. The van der Waals surface area contributed by atoms with Crippen LogP contribution >= 0.6 is 0 Å². The molecule has 0 N–H and O–H groups in total. The van der Waals surface area contributed by atoms with Crippen molar-refractivity contribution in [2.24, 2.45) is 0 Å². The minimum absolute atomic E-state index is 0.531. The normalized spacial score (nSPS) is 11.8. The quantitative estimate of drug-likeness (QED) is 0.321. The molecule has 0 unspecified atom stereocenters. The summed E-state index contributed by atoms with van der Waals surface area (Å²) in [4.78, 5) is 4.17. The molecule has 0 aliphatic rings. The third-order valence-corrected chi connectivity index (χ3v) is 3.47. The van der Waals surface area contributed by atoms with Crippen LogP contribution in [0.15, 0.2) is 53.2 Å². The Hall–Kier alpha value is -2.82. The molecule has 0 saturated carbocycles. The van der Waals surface area contributed by atoms with Gasteiger partial charge in [-0.1, -0.05) is 17.7 Å². The van der Waals surface area contributed by atoms with Gasteiger partial charge in [-0.05, 0) is 26.0 Å². The van der Waals surface area contributed by atoms with Gasteiger partial charge in [-0.15, -0.1) is 0 Å². The third-order valence-electron chi connectivity index (χ3n) is 3.47. The number of imidazole rings is 1. The van der Waals surface area contributed by atoms with E-state index in [0.29, 0.717) is 18.0 Å². The van der Waals surface area contributed by atoms with Crippen LogP contribution in [0.25, 0.3) is 0 Å². The molecule has 0 saturated heterocycles. The molecule has 1 aromatic carbocycles. The number of rotatable bonds is 4. The number of benzene rings is 1. The molecule has 0 fully saturated rings. The Bertz CT molecular complexity index is 797. The summed E-state index contributed by atoms with van der Waals surface area (Å²) < 4.78 is 8.48. The van der Waals surface area contributed by atoms with Gasteiger partial charge in [0.25, 0.3) is 0 Å². The average Bonchev–Trinajstić information content (AvgIpc) is 3.10. The van der Waals surface area contributed by atoms with Gasteiger partial charge in [-0.25, -0.2) is 4.98 Å². The van der Waals surface area contributed by atoms with Gasteiger partial charge in [0.05, 0.1) is 6.54 Å². The van der Waals surface area contributed by atoms with Crippen molar-refractivity contribution in [3.63, 3.8) is 0 Å². The van der Waals surface area contributed by atoms with E-state index >= 15 is 0 Å². The molecule has 0 aliphatic carbocycles. The van der Waals surface area contributed by atoms with Crippen molar-refractivity contribution in [2.45, 2.75) is 20.4 Å². The van der Waals surface area contributed by atoms with Gasteiger partial charge in [-0.3, -0.25) is 0 Å². The fourth-order valence-electron chi connectivity index (χ4n) is 2.17. The Morgan fingerprint density at radius 3 is 2.64 bits per heavy atom. The Labute approximate surface area is 128 Å². The summed E-state index contributed by atoms with van der Waals surface area (Å²) in [6, 6.07) is 11.1. The van der Waals surface area contributed by atoms with Crippen molar-refractivity contribution < 1.29 is 9.16 Å². The van der Waals surface area contributed by atoms with Crippen LogP contribution in [0.3, 0.4) is 0 Å². The second kappa shape index (κ2) is 5.89. The van der Waals surface area contributed by atoms with Gasteiger partial charge in [0.2, 0.25) is 11.9 Å². The average molecular weight is 295 g/mol. The molecule has 5 heteroatoms. The third kappa shape index (κ3) is 3.09. The van der Waals surface area contributed by atoms with E-state index in [1.54, 1.807) is 24.4 Å². The van der Waals surface area contributed by atoms with Crippen LogP contribution in [-0.2, 0) is 6.54 Å². The SMILES string of the molecule is Cc1ccc(/[N+]([O-])=C/c2ccc(Cn3ccnc3C)o2)cc1. The first-order chi connectivity index (χ1) is 10.6. The topological polar surface area (TPSA) is 57.0 Å². The minimum atomic E-state index is 0.531. The Morgan fingerprint density at radius 2 is 1.95 bits per heavy atom. The molecule has 0 atom stereocenters. The molecule has 2 aromatic heterocycles. The Morgan fingerprint density at radius 1 is 1.18 bits per heavy atom.